The summed E-state index contributed by atoms with van der Waals surface area (Å²) in [5.41, 5.74) is 0. The van der Waals surface area contributed by atoms with Crippen LogP contribution in [0.2, 0.25) is 0 Å². The summed E-state index contributed by atoms with van der Waals surface area (Å²) >= 11 is 1.95. The van der Waals surface area contributed by atoms with Crippen LogP contribution in [0.3, 0.4) is 0 Å². The van der Waals surface area contributed by atoms with Gasteiger partial charge in [0, 0.05) is 18.3 Å². The third kappa shape index (κ3) is 6.97. The lowest BCUT2D eigenvalue weighted by molar-refractivity contribution is 0.114. The third-order valence-corrected chi connectivity index (χ3v) is 4.78. The largest absolute Gasteiger partial charge is 0.491 e. The van der Waals surface area contributed by atoms with Crippen molar-refractivity contribution in [3.8, 4) is 5.75 Å². The molecule has 2 atom stereocenters. The van der Waals surface area contributed by atoms with E-state index >= 15 is 0 Å². The average molecular weight is 355 g/mol. The Labute approximate surface area is 147 Å². The van der Waals surface area contributed by atoms with Gasteiger partial charge in [0.2, 0.25) is 0 Å². The molecule has 1 heterocycles. The Balaban J connectivity index is 1.77. The number of nitrogens with one attached hydrogen (secondary N) is 2. The van der Waals surface area contributed by atoms with Gasteiger partial charge in [0.1, 0.15) is 24.3 Å². The molecule has 0 radical (unpaired) electrons. The number of guanidine groups is 1. The molecule has 0 aliphatic carbocycles. The van der Waals surface area contributed by atoms with E-state index in [1.165, 1.54) is 36.4 Å². The van der Waals surface area contributed by atoms with E-state index < -0.39 is 6.10 Å². The van der Waals surface area contributed by atoms with E-state index in [9.17, 15) is 9.50 Å². The van der Waals surface area contributed by atoms with Crippen molar-refractivity contribution in [2.75, 3.05) is 31.2 Å². The molecule has 0 bridgehead atoms. The molecule has 1 aliphatic heterocycles. The van der Waals surface area contributed by atoms with Gasteiger partial charge >= 0.3 is 0 Å². The predicted molar refractivity (Wildman–Crippen MR) is 97.4 cm³/mol. The Bertz CT molecular complexity index is 507. The molecule has 7 heteroatoms. The first kappa shape index (κ1) is 18.9. The Morgan fingerprint density at radius 2 is 2.25 bits per heavy atom. The van der Waals surface area contributed by atoms with Crippen LogP contribution in [0.5, 0.6) is 5.75 Å². The van der Waals surface area contributed by atoms with Crippen LogP contribution in [-0.2, 0) is 0 Å². The number of benzene rings is 1. The van der Waals surface area contributed by atoms with Gasteiger partial charge in [0.15, 0.2) is 5.96 Å². The van der Waals surface area contributed by atoms with Crippen molar-refractivity contribution in [1.29, 1.82) is 0 Å². The first-order chi connectivity index (χ1) is 11.7. The topological polar surface area (TPSA) is 65.9 Å². The molecule has 2 rings (SSSR count). The zero-order valence-corrected chi connectivity index (χ0v) is 14.8. The number of thioether (sulfide) groups is 1. The SMILES string of the molecule is CCNC(=NCC(O)COc1ccc(F)cc1)NC1CCCSC1. The van der Waals surface area contributed by atoms with E-state index in [0.29, 0.717) is 11.8 Å². The standard InChI is InChI=1S/C17H26FN3O2S/c1-2-19-17(21-14-4-3-9-24-12-14)20-10-15(22)11-23-16-7-5-13(18)6-8-16/h5-8,14-15,22H,2-4,9-12H2,1H3,(H2,19,20,21). The van der Waals surface area contributed by atoms with Gasteiger partial charge < -0.3 is 20.5 Å². The molecule has 3 N–H and O–H groups in total. The molecule has 5 nitrogen and oxygen atoms in total. The number of hydrogen-bond acceptors (Lipinski definition) is 4. The number of hydrogen-bond donors (Lipinski definition) is 3. The van der Waals surface area contributed by atoms with Crippen LogP contribution < -0.4 is 15.4 Å². The maximum Gasteiger partial charge on any atom is 0.191 e. The lowest BCUT2D eigenvalue weighted by Gasteiger charge is -2.24. The van der Waals surface area contributed by atoms with Crippen molar-refractivity contribution < 1.29 is 14.2 Å². The maximum atomic E-state index is 12.8. The lowest BCUT2D eigenvalue weighted by atomic mass is 10.2. The van der Waals surface area contributed by atoms with Crippen molar-refractivity contribution in [3.63, 3.8) is 0 Å². The van der Waals surface area contributed by atoms with Gasteiger partial charge in [-0.2, -0.15) is 11.8 Å². The van der Waals surface area contributed by atoms with Crippen molar-refractivity contribution in [2.24, 2.45) is 4.99 Å². The molecule has 0 spiro atoms. The fraction of sp³-hybridized carbons (Fsp3) is 0.588. The van der Waals surface area contributed by atoms with Gasteiger partial charge in [0.25, 0.3) is 0 Å². The first-order valence-electron chi connectivity index (χ1n) is 8.36. The van der Waals surface area contributed by atoms with Crippen molar-refractivity contribution in [2.45, 2.75) is 31.9 Å². The molecule has 1 aromatic carbocycles. The van der Waals surface area contributed by atoms with Crippen LogP contribution in [0.1, 0.15) is 19.8 Å². The van der Waals surface area contributed by atoms with E-state index in [0.717, 1.165) is 24.7 Å². The maximum absolute atomic E-state index is 12.8. The second-order valence-corrected chi connectivity index (χ2v) is 6.85. The number of rotatable bonds is 7. The molecule has 0 amide bonds. The summed E-state index contributed by atoms with van der Waals surface area (Å²) in [6.07, 6.45) is 1.65. The summed E-state index contributed by atoms with van der Waals surface area (Å²) in [4.78, 5) is 4.43. The van der Waals surface area contributed by atoms with Gasteiger partial charge in [-0.15, -0.1) is 0 Å². The zero-order valence-electron chi connectivity index (χ0n) is 14.0. The number of halogens is 1. The van der Waals surface area contributed by atoms with Gasteiger partial charge in [-0.05, 0) is 49.8 Å². The highest BCUT2D eigenvalue weighted by molar-refractivity contribution is 7.99. The van der Waals surface area contributed by atoms with Crippen LogP contribution in [0.4, 0.5) is 4.39 Å². The van der Waals surface area contributed by atoms with Crippen molar-refractivity contribution in [3.05, 3.63) is 30.1 Å². The van der Waals surface area contributed by atoms with E-state index in [1.54, 1.807) is 0 Å². The molecule has 2 unspecified atom stereocenters. The van der Waals surface area contributed by atoms with Gasteiger partial charge in [-0.1, -0.05) is 0 Å². The van der Waals surface area contributed by atoms with E-state index in [4.69, 9.17) is 4.74 Å². The Morgan fingerprint density at radius 3 is 2.92 bits per heavy atom. The van der Waals surface area contributed by atoms with Crippen LogP contribution in [0, 0.1) is 5.82 Å². The minimum atomic E-state index is -0.716. The van der Waals surface area contributed by atoms with Crippen molar-refractivity contribution >= 4 is 17.7 Å². The van der Waals surface area contributed by atoms with Crippen LogP contribution in [0.25, 0.3) is 0 Å². The Hall–Kier alpha value is -1.47. The predicted octanol–water partition coefficient (Wildman–Crippen LogP) is 2.02. The molecule has 1 aliphatic rings. The molecular weight excluding hydrogens is 329 g/mol. The zero-order chi connectivity index (χ0) is 17.2. The smallest absolute Gasteiger partial charge is 0.191 e. The fourth-order valence-electron chi connectivity index (χ4n) is 2.34. The summed E-state index contributed by atoms with van der Waals surface area (Å²) in [6, 6.07) is 6.16. The lowest BCUT2D eigenvalue weighted by Crippen LogP contribution is -2.46. The molecular formula is C17H26FN3O2S. The summed E-state index contributed by atoms with van der Waals surface area (Å²) in [5, 5.41) is 16.6. The van der Waals surface area contributed by atoms with E-state index in [2.05, 4.69) is 15.6 Å². The number of aliphatic hydroxyl groups is 1. The summed E-state index contributed by atoms with van der Waals surface area (Å²) in [7, 11) is 0. The number of aliphatic imine (C=N–C) groups is 1. The van der Waals surface area contributed by atoms with Crippen LogP contribution >= 0.6 is 11.8 Å². The summed E-state index contributed by atoms with van der Waals surface area (Å²) in [6.45, 7) is 3.15. The van der Waals surface area contributed by atoms with E-state index in [-0.39, 0.29) is 19.0 Å². The summed E-state index contributed by atoms with van der Waals surface area (Å²) in [5.74, 6) is 3.26. The fourth-order valence-corrected chi connectivity index (χ4v) is 3.41. The molecule has 1 saturated heterocycles. The average Bonchev–Trinajstić information content (AvgIpc) is 2.60. The second-order valence-electron chi connectivity index (χ2n) is 5.70. The van der Waals surface area contributed by atoms with Gasteiger partial charge in [-0.3, -0.25) is 4.99 Å². The molecule has 1 aromatic rings. The molecule has 134 valence electrons. The number of aliphatic hydroxyl groups excluding tert-OH is 1. The highest BCUT2D eigenvalue weighted by atomic mass is 32.2. The number of nitrogens with zero attached hydrogens (tertiary/aromatic N) is 1. The van der Waals surface area contributed by atoms with Crippen LogP contribution in [-0.4, -0.2) is 54.4 Å². The third-order valence-electron chi connectivity index (χ3n) is 3.56. The normalized spacial score (nSPS) is 19.6. The Kier molecular flexibility index (Phi) is 8.18. The second kappa shape index (κ2) is 10.4. The summed E-state index contributed by atoms with van der Waals surface area (Å²) < 4.78 is 18.3. The van der Waals surface area contributed by atoms with Gasteiger partial charge in [-0.25, -0.2) is 4.39 Å². The monoisotopic (exact) mass is 355 g/mol. The highest BCUT2D eigenvalue weighted by Gasteiger charge is 2.15. The quantitative estimate of drug-likeness (QED) is 0.516. The van der Waals surface area contributed by atoms with Gasteiger partial charge in [0.05, 0.1) is 6.54 Å². The van der Waals surface area contributed by atoms with E-state index in [1.807, 2.05) is 18.7 Å². The Morgan fingerprint density at radius 1 is 1.46 bits per heavy atom. The molecule has 0 saturated carbocycles. The molecule has 0 aromatic heterocycles. The molecule has 24 heavy (non-hydrogen) atoms. The first-order valence-corrected chi connectivity index (χ1v) is 9.52. The van der Waals surface area contributed by atoms with Crippen molar-refractivity contribution in [1.82, 2.24) is 10.6 Å². The van der Waals surface area contributed by atoms with Crippen LogP contribution in [0.15, 0.2) is 29.3 Å². The molecule has 1 fully saturated rings. The number of ether oxygens (including phenoxy) is 1. The highest BCUT2D eigenvalue weighted by Crippen LogP contribution is 2.16. The minimum Gasteiger partial charge on any atom is -0.491 e. The minimum absolute atomic E-state index is 0.119.